The summed E-state index contributed by atoms with van der Waals surface area (Å²) in [6.45, 7) is 3.07. The molecule has 0 saturated carbocycles. The quantitative estimate of drug-likeness (QED) is 0.618. The highest BCUT2D eigenvalue weighted by molar-refractivity contribution is 9.10. The molecule has 6 nitrogen and oxygen atoms in total. The first-order valence-corrected chi connectivity index (χ1v) is 9.03. The van der Waals surface area contributed by atoms with Crippen LogP contribution in [0.25, 0.3) is 11.3 Å². The Morgan fingerprint density at radius 3 is 2.84 bits per heavy atom. The number of benzene rings is 1. The van der Waals surface area contributed by atoms with Crippen LogP contribution in [-0.4, -0.2) is 25.9 Å². The van der Waals surface area contributed by atoms with Crippen LogP contribution in [0.1, 0.15) is 23.1 Å². The van der Waals surface area contributed by atoms with E-state index in [9.17, 15) is 4.79 Å². The van der Waals surface area contributed by atoms with Gasteiger partial charge in [-0.15, -0.1) is 0 Å². The minimum absolute atomic E-state index is 0.255. The van der Waals surface area contributed by atoms with Crippen LogP contribution >= 0.6 is 39.1 Å². The average molecular weight is 443 g/mol. The van der Waals surface area contributed by atoms with Crippen molar-refractivity contribution in [2.24, 2.45) is 0 Å². The van der Waals surface area contributed by atoms with Gasteiger partial charge in [0.25, 0.3) is 5.91 Å². The molecule has 3 rings (SSSR count). The summed E-state index contributed by atoms with van der Waals surface area (Å²) in [5.41, 5.74) is 2.65. The number of halogens is 3. The molecule has 0 spiro atoms. The Balaban J connectivity index is 1.72. The summed E-state index contributed by atoms with van der Waals surface area (Å²) in [6, 6.07) is 6.86. The van der Waals surface area contributed by atoms with Crippen molar-refractivity contribution in [3.8, 4) is 11.3 Å². The van der Waals surface area contributed by atoms with Gasteiger partial charge in [0, 0.05) is 12.1 Å². The fraction of sp³-hybridized carbons (Fsp3) is 0.188. The fourth-order valence-corrected chi connectivity index (χ4v) is 3.07. The van der Waals surface area contributed by atoms with Crippen LogP contribution < -0.4 is 5.32 Å². The minimum Gasteiger partial charge on any atom is -0.345 e. The molecule has 0 fully saturated rings. The van der Waals surface area contributed by atoms with E-state index in [4.69, 9.17) is 23.2 Å². The van der Waals surface area contributed by atoms with Crippen molar-refractivity contribution >= 4 is 45.0 Å². The van der Waals surface area contributed by atoms with E-state index < -0.39 is 0 Å². The van der Waals surface area contributed by atoms with Crippen molar-refractivity contribution in [1.82, 2.24) is 25.3 Å². The highest BCUT2D eigenvalue weighted by Crippen LogP contribution is 2.27. The van der Waals surface area contributed by atoms with Crippen molar-refractivity contribution in [2.75, 3.05) is 0 Å². The molecule has 0 radical (unpaired) electrons. The lowest BCUT2D eigenvalue weighted by atomic mass is 10.1. The predicted octanol–water partition coefficient (Wildman–Crippen LogP) is 4.29. The smallest absolute Gasteiger partial charge is 0.269 e. The molecular weight excluding hydrogens is 429 g/mol. The van der Waals surface area contributed by atoms with E-state index in [1.807, 2.05) is 11.6 Å². The zero-order valence-electron chi connectivity index (χ0n) is 13.2. The maximum Gasteiger partial charge on any atom is 0.269 e. The van der Waals surface area contributed by atoms with Gasteiger partial charge in [-0.25, -0.2) is 0 Å². The van der Waals surface area contributed by atoms with Crippen LogP contribution in [0.3, 0.4) is 0 Å². The van der Waals surface area contributed by atoms with Crippen molar-refractivity contribution < 1.29 is 4.79 Å². The number of carbonyl (C=O) groups is 1. The predicted molar refractivity (Wildman–Crippen MR) is 101 cm³/mol. The first kappa shape index (κ1) is 18.0. The van der Waals surface area contributed by atoms with E-state index in [1.165, 1.54) is 0 Å². The lowest BCUT2D eigenvalue weighted by Crippen LogP contribution is -2.25. The van der Waals surface area contributed by atoms with E-state index in [2.05, 4.69) is 36.5 Å². The third kappa shape index (κ3) is 3.89. The number of aromatic amines is 1. The summed E-state index contributed by atoms with van der Waals surface area (Å²) in [5.74, 6) is -0.255. The molecule has 9 heteroatoms. The summed E-state index contributed by atoms with van der Waals surface area (Å²) in [7, 11) is 0. The Kier molecular flexibility index (Phi) is 5.46. The number of aromatic nitrogens is 4. The molecule has 0 aliphatic rings. The average Bonchev–Trinajstić information content (AvgIpc) is 3.22. The lowest BCUT2D eigenvalue weighted by molar-refractivity contribution is 0.0945. The maximum atomic E-state index is 12.3. The molecule has 25 heavy (non-hydrogen) atoms. The summed E-state index contributed by atoms with van der Waals surface area (Å²) in [5, 5.41) is 14.9. The number of nitrogens with zero attached hydrogens (tertiary/aromatic N) is 3. The highest BCUT2D eigenvalue weighted by Gasteiger charge is 2.14. The number of rotatable bonds is 5. The topological polar surface area (TPSA) is 75.6 Å². The molecule has 0 unspecified atom stereocenters. The summed E-state index contributed by atoms with van der Waals surface area (Å²) < 4.78 is 2.68. The fourth-order valence-electron chi connectivity index (χ4n) is 2.34. The van der Waals surface area contributed by atoms with E-state index in [0.29, 0.717) is 28.0 Å². The summed E-state index contributed by atoms with van der Waals surface area (Å²) in [4.78, 5) is 12.3. The molecule has 1 amide bonds. The SMILES string of the molecule is CCn1ncc(Br)c1CNC(=O)c1cc(-c2ccc(Cl)c(Cl)c2)n[nH]1. The van der Waals surface area contributed by atoms with E-state index >= 15 is 0 Å². The number of hydrogen-bond donors (Lipinski definition) is 2. The Morgan fingerprint density at radius 2 is 2.12 bits per heavy atom. The highest BCUT2D eigenvalue weighted by atomic mass is 79.9. The Labute approximate surface area is 162 Å². The molecule has 0 aliphatic carbocycles. The molecular formula is C16H14BrCl2N5O. The second-order valence-electron chi connectivity index (χ2n) is 5.23. The van der Waals surface area contributed by atoms with Crippen LogP contribution in [0.15, 0.2) is 34.9 Å². The van der Waals surface area contributed by atoms with Gasteiger partial charge in [0.1, 0.15) is 5.69 Å². The van der Waals surface area contributed by atoms with Crippen LogP contribution in [0, 0.1) is 0 Å². The third-order valence-electron chi connectivity index (χ3n) is 3.65. The Bertz CT molecular complexity index is 921. The van der Waals surface area contributed by atoms with Gasteiger partial charge in [0.2, 0.25) is 0 Å². The molecule has 130 valence electrons. The normalized spacial score (nSPS) is 10.9. The van der Waals surface area contributed by atoms with Gasteiger partial charge >= 0.3 is 0 Å². The first-order valence-electron chi connectivity index (χ1n) is 7.48. The summed E-state index contributed by atoms with van der Waals surface area (Å²) in [6.07, 6.45) is 1.71. The van der Waals surface area contributed by atoms with Gasteiger partial charge in [-0.05, 0) is 41.1 Å². The molecule has 1 aromatic carbocycles. The number of carbonyl (C=O) groups excluding carboxylic acids is 1. The zero-order valence-corrected chi connectivity index (χ0v) is 16.3. The van der Waals surface area contributed by atoms with Crippen molar-refractivity contribution in [1.29, 1.82) is 0 Å². The minimum atomic E-state index is -0.255. The number of aryl methyl sites for hydroxylation is 1. The first-order chi connectivity index (χ1) is 12.0. The van der Waals surface area contributed by atoms with Crippen LogP contribution in [0.2, 0.25) is 10.0 Å². The largest absolute Gasteiger partial charge is 0.345 e. The third-order valence-corrected chi connectivity index (χ3v) is 5.05. The molecule has 3 aromatic rings. The second-order valence-corrected chi connectivity index (χ2v) is 6.90. The van der Waals surface area contributed by atoms with E-state index in [-0.39, 0.29) is 5.91 Å². The maximum absolute atomic E-state index is 12.3. The van der Waals surface area contributed by atoms with Crippen LogP contribution in [0.5, 0.6) is 0 Å². The standard InChI is InChI=1S/C16H14BrCl2N5O/c1-2-24-15(10(17)7-21-24)8-20-16(25)14-6-13(22-23-14)9-3-4-11(18)12(19)5-9/h3-7H,2,8H2,1H3,(H,20,25)(H,22,23). The van der Waals surface area contributed by atoms with Crippen molar-refractivity contribution in [3.05, 3.63) is 56.4 Å². The molecule has 0 atom stereocenters. The molecule has 2 N–H and O–H groups in total. The van der Waals surface area contributed by atoms with E-state index in [0.717, 1.165) is 22.3 Å². The van der Waals surface area contributed by atoms with Crippen LogP contribution in [-0.2, 0) is 13.1 Å². The van der Waals surface area contributed by atoms with Crippen molar-refractivity contribution in [2.45, 2.75) is 20.0 Å². The Hall–Kier alpha value is -1.83. The van der Waals surface area contributed by atoms with E-state index in [1.54, 1.807) is 30.5 Å². The van der Waals surface area contributed by atoms with Gasteiger partial charge in [-0.2, -0.15) is 10.2 Å². The van der Waals surface area contributed by atoms with Crippen molar-refractivity contribution in [3.63, 3.8) is 0 Å². The lowest BCUT2D eigenvalue weighted by Gasteiger charge is -2.06. The zero-order chi connectivity index (χ0) is 18.0. The molecule has 2 aromatic heterocycles. The van der Waals surface area contributed by atoms with Gasteiger partial charge in [-0.3, -0.25) is 14.6 Å². The second kappa shape index (κ2) is 7.59. The number of nitrogens with one attached hydrogen (secondary N) is 2. The molecule has 2 heterocycles. The van der Waals surface area contributed by atoms with Gasteiger partial charge in [-0.1, -0.05) is 29.3 Å². The molecule has 0 bridgehead atoms. The summed E-state index contributed by atoms with van der Waals surface area (Å²) >= 11 is 15.4. The molecule has 0 saturated heterocycles. The Morgan fingerprint density at radius 1 is 1.32 bits per heavy atom. The number of amides is 1. The molecule has 0 aliphatic heterocycles. The van der Waals surface area contributed by atoms with Gasteiger partial charge in [0.15, 0.2) is 0 Å². The number of hydrogen-bond acceptors (Lipinski definition) is 3. The monoisotopic (exact) mass is 441 g/mol. The van der Waals surface area contributed by atoms with Gasteiger partial charge < -0.3 is 5.32 Å². The number of H-pyrrole nitrogens is 1. The van der Waals surface area contributed by atoms with Crippen LogP contribution in [0.4, 0.5) is 0 Å². The van der Waals surface area contributed by atoms with Gasteiger partial charge in [0.05, 0.1) is 38.6 Å².